The molecule has 2 rings (SSSR count). The van der Waals surface area contributed by atoms with Crippen molar-refractivity contribution >= 4 is 5.78 Å². The van der Waals surface area contributed by atoms with Gasteiger partial charge in [0.25, 0.3) is 0 Å². The molecule has 17 heavy (non-hydrogen) atoms. The van der Waals surface area contributed by atoms with Gasteiger partial charge in [-0.2, -0.15) is 0 Å². The lowest BCUT2D eigenvalue weighted by Crippen LogP contribution is -2.03. The normalized spacial score (nSPS) is 10.2. The molecule has 0 spiro atoms. The quantitative estimate of drug-likeness (QED) is 0.758. The van der Waals surface area contributed by atoms with Gasteiger partial charge in [-0.15, -0.1) is 0 Å². The molecule has 0 aliphatic carbocycles. The van der Waals surface area contributed by atoms with Gasteiger partial charge in [0, 0.05) is 12.0 Å². The standard InChI is InChI=1S/C14H14O3/c1-10-7-12(9-17-10)13(15)8-11-5-3-4-6-14(11)16-2/h3-7,9H,8H2,1-2H3. The molecule has 1 aromatic carbocycles. The number of benzene rings is 1. The molecule has 0 N–H and O–H groups in total. The maximum absolute atomic E-state index is 12.0. The number of para-hydroxylation sites is 1. The van der Waals surface area contributed by atoms with Gasteiger partial charge in [-0.05, 0) is 19.1 Å². The van der Waals surface area contributed by atoms with E-state index in [1.165, 1.54) is 6.26 Å². The Labute approximate surface area is 100 Å². The molecule has 0 bridgehead atoms. The van der Waals surface area contributed by atoms with Gasteiger partial charge in [0.05, 0.1) is 12.7 Å². The Hall–Kier alpha value is -2.03. The van der Waals surface area contributed by atoms with Crippen molar-refractivity contribution in [2.75, 3.05) is 7.11 Å². The number of carbonyl (C=O) groups is 1. The van der Waals surface area contributed by atoms with Gasteiger partial charge in [0.15, 0.2) is 5.78 Å². The fourth-order valence-electron chi connectivity index (χ4n) is 1.71. The van der Waals surface area contributed by atoms with E-state index in [0.29, 0.717) is 12.0 Å². The predicted octanol–water partition coefficient (Wildman–Crippen LogP) is 3.02. The summed E-state index contributed by atoms with van der Waals surface area (Å²) in [5.41, 5.74) is 1.49. The summed E-state index contributed by atoms with van der Waals surface area (Å²) < 4.78 is 10.3. The fourth-order valence-corrected chi connectivity index (χ4v) is 1.71. The highest BCUT2D eigenvalue weighted by atomic mass is 16.5. The first-order valence-electron chi connectivity index (χ1n) is 5.41. The van der Waals surface area contributed by atoms with E-state index < -0.39 is 0 Å². The first-order chi connectivity index (χ1) is 8.20. The topological polar surface area (TPSA) is 39.4 Å². The van der Waals surface area contributed by atoms with E-state index in [2.05, 4.69) is 0 Å². The average Bonchev–Trinajstić information content (AvgIpc) is 2.77. The Morgan fingerprint density at radius 1 is 1.35 bits per heavy atom. The third-order valence-corrected chi connectivity index (χ3v) is 2.60. The van der Waals surface area contributed by atoms with Gasteiger partial charge in [-0.25, -0.2) is 0 Å². The monoisotopic (exact) mass is 230 g/mol. The lowest BCUT2D eigenvalue weighted by Gasteiger charge is -2.06. The molecule has 0 saturated heterocycles. The van der Waals surface area contributed by atoms with Crippen LogP contribution in [0.3, 0.4) is 0 Å². The minimum Gasteiger partial charge on any atom is -0.496 e. The Morgan fingerprint density at radius 2 is 2.12 bits per heavy atom. The highest BCUT2D eigenvalue weighted by molar-refractivity contribution is 5.97. The third kappa shape index (κ3) is 2.56. The van der Waals surface area contributed by atoms with Gasteiger partial charge in [-0.1, -0.05) is 18.2 Å². The summed E-state index contributed by atoms with van der Waals surface area (Å²) in [4.78, 5) is 12.0. The molecule has 3 heteroatoms. The van der Waals surface area contributed by atoms with Crippen molar-refractivity contribution in [1.82, 2.24) is 0 Å². The van der Waals surface area contributed by atoms with Crippen LogP contribution in [0.2, 0.25) is 0 Å². The SMILES string of the molecule is COc1ccccc1CC(=O)c1coc(C)c1. The van der Waals surface area contributed by atoms with Crippen LogP contribution in [-0.2, 0) is 6.42 Å². The summed E-state index contributed by atoms with van der Waals surface area (Å²) in [6.45, 7) is 1.82. The number of ether oxygens (including phenoxy) is 1. The lowest BCUT2D eigenvalue weighted by atomic mass is 10.0. The largest absolute Gasteiger partial charge is 0.496 e. The fraction of sp³-hybridized carbons (Fsp3) is 0.214. The number of hydrogen-bond acceptors (Lipinski definition) is 3. The first-order valence-corrected chi connectivity index (χ1v) is 5.41. The number of rotatable bonds is 4. The summed E-state index contributed by atoms with van der Waals surface area (Å²) in [5, 5.41) is 0. The second kappa shape index (κ2) is 4.87. The van der Waals surface area contributed by atoms with E-state index in [1.54, 1.807) is 13.2 Å². The van der Waals surface area contributed by atoms with Crippen molar-refractivity contribution in [2.24, 2.45) is 0 Å². The van der Waals surface area contributed by atoms with Crippen LogP contribution in [0.25, 0.3) is 0 Å². The van der Waals surface area contributed by atoms with Crippen LogP contribution < -0.4 is 4.74 Å². The molecule has 0 unspecified atom stereocenters. The Bertz CT molecular complexity index is 526. The molecule has 3 nitrogen and oxygen atoms in total. The molecule has 0 fully saturated rings. The van der Waals surface area contributed by atoms with Crippen molar-refractivity contribution in [2.45, 2.75) is 13.3 Å². The molecule has 0 radical (unpaired) electrons. The Balaban J connectivity index is 2.18. The van der Waals surface area contributed by atoms with Crippen LogP contribution in [0.15, 0.2) is 41.0 Å². The van der Waals surface area contributed by atoms with Crippen LogP contribution >= 0.6 is 0 Å². The van der Waals surface area contributed by atoms with Crippen LogP contribution in [-0.4, -0.2) is 12.9 Å². The number of Topliss-reactive ketones (excluding diaryl/α,β-unsaturated/α-hetero) is 1. The zero-order valence-electron chi connectivity index (χ0n) is 9.90. The van der Waals surface area contributed by atoms with Gasteiger partial charge < -0.3 is 9.15 Å². The van der Waals surface area contributed by atoms with Crippen molar-refractivity contribution in [3.8, 4) is 5.75 Å². The number of carbonyl (C=O) groups excluding carboxylic acids is 1. The number of ketones is 1. The lowest BCUT2D eigenvalue weighted by molar-refractivity contribution is 0.0991. The summed E-state index contributed by atoms with van der Waals surface area (Å²) >= 11 is 0. The summed E-state index contributed by atoms with van der Waals surface area (Å²) in [6.07, 6.45) is 1.82. The summed E-state index contributed by atoms with van der Waals surface area (Å²) in [7, 11) is 1.60. The Kier molecular flexibility index (Phi) is 3.28. The van der Waals surface area contributed by atoms with E-state index >= 15 is 0 Å². The second-order valence-corrected chi connectivity index (χ2v) is 3.86. The number of hydrogen-bond donors (Lipinski definition) is 0. The molecular formula is C14H14O3. The van der Waals surface area contributed by atoms with Crippen molar-refractivity contribution in [1.29, 1.82) is 0 Å². The highest BCUT2D eigenvalue weighted by Crippen LogP contribution is 2.20. The smallest absolute Gasteiger partial charge is 0.170 e. The maximum Gasteiger partial charge on any atom is 0.170 e. The van der Waals surface area contributed by atoms with Crippen LogP contribution in [0.1, 0.15) is 21.7 Å². The first kappa shape index (κ1) is 11.5. The molecule has 0 aliphatic heterocycles. The zero-order valence-corrected chi connectivity index (χ0v) is 9.90. The van der Waals surface area contributed by atoms with E-state index in [0.717, 1.165) is 17.1 Å². The third-order valence-electron chi connectivity index (χ3n) is 2.60. The minimum atomic E-state index is 0.0337. The molecule has 0 amide bonds. The number of aryl methyl sites for hydroxylation is 1. The van der Waals surface area contributed by atoms with Gasteiger partial charge in [0.1, 0.15) is 17.8 Å². The minimum absolute atomic E-state index is 0.0337. The Morgan fingerprint density at radius 3 is 2.76 bits per heavy atom. The second-order valence-electron chi connectivity index (χ2n) is 3.86. The highest BCUT2D eigenvalue weighted by Gasteiger charge is 2.12. The van der Waals surface area contributed by atoms with E-state index in [4.69, 9.17) is 9.15 Å². The number of furan rings is 1. The van der Waals surface area contributed by atoms with Crippen LogP contribution in [0, 0.1) is 6.92 Å². The van der Waals surface area contributed by atoms with Crippen LogP contribution in [0.4, 0.5) is 0 Å². The van der Waals surface area contributed by atoms with Gasteiger partial charge in [-0.3, -0.25) is 4.79 Å². The van der Waals surface area contributed by atoms with Crippen LogP contribution in [0.5, 0.6) is 5.75 Å². The van der Waals surface area contributed by atoms with Gasteiger partial charge in [0.2, 0.25) is 0 Å². The van der Waals surface area contributed by atoms with E-state index in [9.17, 15) is 4.79 Å². The molecule has 0 saturated carbocycles. The summed E-state index contributed by atoms with van der Waals surface area (Å²) in [6, 6.07) is 9.27. The number of methoxy groups -OCH3 is 1. The van der Waals surface area contributed by atoms with E-state index in [-0.39, 0.29) is 5.78 Å². The van der Waals surface area contributed by atoms with Crippen molar-refractivity contribution in [3.63, 3.8) is 0 Å². The van der Waals surface area contributed by atoms with Crippen molar-refractivity contribution in [3.05, 3.63) is 53.5 Å². The molecule has 2 aromatic rings. The molecule has 1 heterocycles. The zero-order chi connectivity index (χ0) is 12.3. The van der Waals surface area contributed by atoms with Gasteiger partial charge >= 0.3 is 0 Å². The molecule has 1 aromatic heterocycles. The summed E-state index contributed by atoms with van der Waals surface area (Å²) in [5.74, 6) is 1.51. The molecular weight excluding hydrogens is 216 g/mol. The molecule has 0 aliphatic rings. The molecule has 88 valence electrons. The molecule has 0 atom stereocenters. The average molecular weight is 230 g/mol. The maximum atomic E-state index is 12.0. The predicted molar refractivity (Wildman–Crippen MR) is 64.5 cm³/mol. The van der Waals surface area contributed by atoms with Crippen molar-refractivity contribution < 1.29 is 13.9 Å². The van der Waals surface area contributed by atoms with E-state index in [1.807, 2.05) is 31.2 Å².